The van der Waals surface area contributed by atoms with Crippen molar-refractivity contribution in [2.24, 2.45) is 20.0 Å². The molecule has 0 saturated carbocycles. The molecule has 0 atom stereocenters. The van der Waals surface area contributed by atoms with Gasteiger partial charge in [0, 0.05) is 51.0 Å². The fourth-order valence-electron chi connectivity index (χ4n) is 13.9. The van der Waals surface area contributed by atoms with Gasteiger partial charge in [-0.25, -0.2) is 0 Å². The third-order valence-electron chi connectivity index (χ3n) is 19.4. The Morgan fingerprint density at radius 1 is 0.242 bits per heavy atom. The topological polar surface area (TPSA) is 227 Å². The fourth-order valence-corrected chi connectivity index (χ4v) is 13.9. The standard InChI is InChI=1S/2C24H20B.4C13H20N2O2.2Mn/c2*1-5-13-21(14-6-1)25(22-15-7-2-8-16-22,23-17-9-3-10-18-23)24-19-11-4-12-20-24;4*1-3-17-12-7-4-6-11(13(12)16)10-15-9-5-8-14-2;;/h2*1-20H;4*4,6-7,10,14,16H,3,5,8-9H2,1-2H3;;/q2*-1;;;;;2*+3/p-4. The van der Waals surface area contributed by atoms with Crippen molar-refractivity contribution in [2.45, 2.75) is 53.4 Å². The van der Waals surface area contributed by atoms with Crippen LogP contribution in [0.15, 0.2) is 335 Å². The van der Waals surface area contributed by atoms with Crippen LogP contribution in [0, 0.1) is 0 Å². The SMILES string of the molecule is CCOc1cccc(C=NCCCNC)c1[O-].CCOc1cccc(C=NCCCNC)c1[O-].CCOc1cccc(C=NCCCNC)c1[O-].CCOc1cccc(C=NCCCNC)c1[O-].[Mn+3].[Mn+3].c1ccc([B-](c2ccccc2)(c2ccccc2)c2ccccc2)cc1.c1ccc([B-](c2ccccc2)(c2ccccc2)c2ccccc2)cc1. The van der Waals surface area contributed by atoms with Gasteiger partial charge in [-0.2, -0.15) is 43.7 Å². The molecule has 0 fully saturated rings. The summed E-state index contributed by atoms with van der Waals surface area (Å²) in [5.74, 6) is 1.22. The van der Waals surface area contributed by atoms with Crippen LogP contribution < -0.4 is 104 Å². The molecule has 0 bridgehead atoms. The Hall–Kier alpha value is -11.3. The number of ether oxygens (including phenoxy) is 4. The van der Waals surface area contributed by atoms with Crippen LogP contribution >= 0.6 is 0 Å². The zero-order valence-corrected chi connectivity index (χ0v) is 73.0. The largest absolute Gasteiger partial charge is 3.00 e. The third kappa shape index (κ3) is 30.8. The van der Waals surface area contributed by atoms with Gasteiger partial charge in [0.1, 0.15) is 35.3 Å². The van der Waals surface area contributed by atoms with Crippen LogP contribution in [0.4, 0.5) is 0 Å². The summed E-state index contributed by atoms with van der Waals surface area (Å²) in [7, 11) is 7.63. The van der Waals surface area contributed by atoms with E-state index >= 15 is 0 Å². The van der Waals surface area contributed by atoms with E-state index in [1.54, 1.807) is 97.7 Å². The van der Waals surface area contributed by atoms with E-state index in [1.807, 2.05) is 55.9 Å². The normalized spacial score (nSPS) is 10.9. The maximum Gasteiger partial charge on any atom is 3.00 e. The van der Waals surface area contributed by atoms with Crippen LogP contribution in [-0.2, 0) is 34.1 Å². The van der Waals surface area contributed by atoms with E-state index in [1.165, 1.54) is 43.7 Å². The number of hydrogen-bond donors (Lipinski definition) is 4. The molecule has 12 aromatic rings. The Morgan fingerprint density at radius 3 is 0.542 bits per heavy atom. The minimum absolute atomic E-state index is 0. The van der Waals surface area contributed by atoms with E-state index in [2.05, 4.69) is 284 Å². The minimum Gasteiger partial charge on any atom is -0.870 e. The number of para-hydroxylation sites is 4. The molecule has 0 unspecified atom stereocenters. The number of rotatable bonds is 36. The van der Waals surface area contributed by atoms with Gasteiger partial charge in [0.2, 0.25) is 0 Å². The zero-order chi connectivity index (χ0) is 83.9. The Balaban J connectivity index is 0.000000258. The molecule has 0 amide bonds. The van der Waals surface area contributed by atoms with Crippen LogP contribution in [-0.4, -0.2) is 144 Å². The van der Waals surface area contributed by atoms with Gasteiger partial charge in [0.05, 0.1) is 26.4 Å². The van der Waals surface area contributed by atoms with Gasteiger partial charge in [0.25, 0.3) is 0 Å². The van der Waals surface area contributed by atoms with Crippen molar-refractivity contribution in [3.05, 3.63) is 338 Å². The smallest absolute Gasteiger partial charge is 0.870 e. The number of nitrogens with one attached hydrogen (secondary N) is 4. The molecule has 12 rings (SSSR count). The minimum atomic E-state index is -1.22. The zero-order valence-electron chi connectivity index (χ0n) is 70.6. The molecule has 120 heavy (non-hydrogen) atoms. The predicted molar refractivity (Wildman–Crippen MR) is 492 cm³/mol. The van der Waals surface area contributed by atoms with Gasteiger partial charge < -0.3 is 60.6 Å². The maximum atomic E-state index is 11.9. The quantitative estimate of drug-likeness (QED) is 0.0163. The van der Waals surface area contributed by atoms with Gasteiger partial charge in [-0.1, -0.05) is 314 Å². The summed E-state index contributed by atoms with van der Waals surface area (Å²) in [5.41, 5.74) is 13.0. The van der Waals surface area contributed by atoms with E-state index in [0.29, 0.717) is 71.7 Å². The average Bonchev–Trinajstić information content (AvgIpc) is 0.743. The van der Waals surface area contributed by atoms with Crippen molar-refractivity contribution in [3.63, 3.8) is 0 Å². The molecule has 12 aromatic carbocycles. The molecular formula is C100H116B2Mn2N8O8. The average molecular weight is 1690 g/mol. The Bertz CT molecular complexity index is 4050. The van der Waals surface area contributed by atoms with E-state index < -0.39 is 12.3 Å². The second-order valence-electron chi connectivity index (χ2n) is 27.4. The van der Waals surface area contributed by atoms with E-state index in [9.17, 15) is 20.4 Å². The van der Waals surface area contributed by atoms with Crippen molar-refractivity contribution < 1.29 is 73.5 Å². The number of nitrogens with zero attached hydrogens (tertiary/aromatic N) is 4. The second-order valence-corrected chi connectivity index (χ2v) is 27.4. The molecule has 4 N–H and O–H groups in total. The van der Waals surface area contributed by atoms with Crippen molar-refractivity contribution in [3.8, 4) is 46.0 Å². The Morgan fingerprint density at radius 2 is 0.400 bits per heavy atom. The first-order valence-corrected chi connectivity index (χ1v) is 41.1. The van der Waals surface area contributed by atoms with Crippen molar-refractivity contribution in [2.75, 3.05) is 107 Å². The summed E-state index contributed by atoms with van der Waals surface area (Å²) >= 11 is 0. The summed E-state index contributed by atoms with van der Waals surface area (Å²) < 4.78 is 21.0. The molecule has 20 heteroatoms. The molecule has 0 saturated heterocycles. The first-order valence-electron chi connectivity index (χ1n) is 41.1. The Kier molecular flexibility index (Phi) is 48.5. The third-order valence-corrected chi connectivity index (χ3v) is 19.4. The molecule has 0 radical (unpaired) electrons. The molecule has 0 aliphatic rings. The van der Waals surface area contributed by atoms with Crippen LogP contribution in [0.1, 0.15) is 75.6 Å². The van der Waals surface area contributed by atoms with E-state index in [4.69, 9.17) is 18.9 Å². The molecule has 0 aromatic heterocycles. The van der Waals surface area contributed by atoms with E-state index in [-0.39, 0.29) is 57.1 Å². The number of aliphatic imine (C=N–C) groups is 4. The number of hydrogen-bond acceptors (Lipinski definition) is 16. The van der Waals surface area contributed by atoms with Gasteiger partial charge >= 0.3 is 34.1 Å². The monoisotopic (exact) mass is 1690 g/mol. The van der Waals surface area contributed by atoms with Crippen molar-refractivity contribution >= 4 is 80.9 Å². The molecule has 624 valence electrons. The van der Waals surface area contributed by atoms with Gasteiger partial charge in [-0.05, 0) is 154 Å². The van der Waals surface area contributed by atoms with Gasteiger partial charge in [-0.3, -0.25) is 20.0 Å². The van der Waals surface area contributed by atoms with Crippen LogP contribution in [0.2, 0.25) is 0 Å². The molecule has 0 heterocycles. The van der Waals surface area contributed by atoms with Crippen molar-refractivity contribution in [1.82, 2.24) is 21.3 Å². The first-order chi connectivity index (χ1) is 58.0. The summed E-state index contributed by atoms with van der Waals surface area (Å²) in [6.45, 7) is 16.0. The Labute approximate surface area is 734 Å². The predicted octanol–water partition coefficient (Wildman–Crippen LogP) is 10.9. The molecular weight excluding hydrogens is 1570 g/mol. The molecule has 16 nitrogen and oxygen atoms in total. The summed E-state index contributed by atoms with van der Waals surface area (Å²) in [5, 5.41) is 59.6. The van der Waals surface area contributed by atoms with E-state index in [0.717, 1.165) is 78.0 Å². The summed E-state index contributed by atoms with van der Waals surface area (Å²) in [4.78, 5) is 16.9. The van der Waals surface area contributed by atoms with Crippen LogP contribution in [0.5, 0.6) is 46.0 Å². The maximum absolute atomic E-state index is 11.9. The van der Waals surface area contributed by atoms with Crippen LogP contribution in [0.3, 0.4) is 0 Å². The summed E-state index contributed by atoms with van der Waals surface area (Å²) in [6.07, 6.45) is 7.93. The molecule has 0 spiro atoms. The molecule has 0 aliphatic carbocycles. The van der Waals surface area contributed by atoms with Crippen LogP contribution in [0.25, 0.3) is 0 Å². The molecule has 0 aliphatic heterocycles. The first kappa shape index (κ1) is 99.3. The van der Waals surface area contributed by atoms with Gasteiger partial charge in [0.15, 0.2) is 0 Å². The van der Waals surface area contributed by atoms with Gasteiger partial charge in [-0.15, -0.1) is 0 Å². The fraction of sp³-hybridized carbons (Fsp3) is 0.240. The van der Waals surface area contributed by atoms with Crippen molar-refractivity contribution in [1.29, 1.82) is 0 Å². The summed E-state index contributed by atoms with van der Waals surface area (Å²) in [6, 6.07) is 108. The second kappa shape index (κ2) is 58.6. The number of benzene rings is 12.